The molecule has 0 aliphatic carbocycles. The molecule has 0 saturated carbocycles. The first-order valence-corrected chi connectivity index (χ1v) is 0. The Bertz CT molecular complexity index is 15.7. The molecule has 6 nitrogen and oxygen atoms in total. The summed E-state index contributed by atoms with van der Waals surface area (Å²) in [4.78, 5) is 0. The molecule has 8 heavy (non-hydrogen) atoms. The Morgan fingerprint density at radius 2 is 0.500 bits per heavy atom. The third kappa shape index (κ3) is 170. The largest absolute Gasteiger partial charge is 2.00 e. The molecule has 0 amide bonds. The van der Waals surface area contributed by atoms with Crippen LogP contribution < -0.4 is 0 Å². The number of hydrogen-bond acceptors (Lipinski definition) is 0. The molecule has 8 heteroatoms. The van der Waals surface area contributed by atoms with E-state index in [2.05, 4.69) is 0 Å². The molecular formula is H15CaClO6. The van der Waals surface area contributed by atoms with Crippen molar-refractivity contribution in [2.75, 3.05) is 0 Å². The van der Waals surface area contributed by atoms with Gasteiger partial charge in [0.1, 0.15) is 0 Å². The molecule has 0 aliphatic heterocycles. The summed E-state index contributed by atoms with van der Waals surface area (Å²) in [7, 11) is 0. The van der Waals surface area contributed by atoms with Crippen molar-refractivity contribution in [3.63, 3.8) is 0 Å². The van der Waals surface area contributed by atoms with E-state index in [1.807, 2.05) is 0 Å². The molecule has 0 fully saturated rings. The summed E-state index contributed by atoms with van der Waals surface area (Å²) in [6.07, 6.45) is 0. The SMILES string of the molecule is Cl.O.O.O.O.O.O.[Ca+2].[H-].[H-]. The van der Waals surface area contributed by atoms with Gasteiger partial charge in [0.25, 0.3) is 0 Å². The predicted molar refractivity (Wildman–Crippen MR) is 36.9 cm³/mol. The maximum atomic E-state index is 0. The maximum Gasteiger partial charge on any atom is 2.00 e. The van der Waals surface area contributed by atoms with Crippen molar-refractivity contribution in [2.45, 2.75) is 0 Å². The average Bonchev–Trinajstić information content (AvgIpc) is 0. The fourth-order valence-corrected chi connectivity index (χ4v) is 0. The standard InChI is InChI=1S/Ca.ClH.6H2O.2H/h;1H;6*1H2;;/q+2;;;;;;;;2*-1. The Morgan fingerprint density at radius 1 is 0.500 bits per heavy atom. The summed E-state index contributed by atoms with van der Waals surface area (Å²) < 4.78 is 0. The van der Waals surface area contributed by atoms with Crippen molar-refractivity contribution >= 4 is 50.1 Å². The normalized spacial score (nSPS) is 0. The van der Waals surface area contributed by atoms with E-state index in [1.165, 1.54) is 0 Å². The monoisotopic (exact) mass is 186 g/mol. The summed E-state index contributed by atoms with van der Waals surface area (Å²) in [6.45, 7) is 0. The second-order valence-electron chi connectivity index (χ2n) is 0. The van der Waals surface area contributed by atoms with Gasteiger partial charge in [0.15, 0.2) is 0 Å². The van der Waals surface area contributed by atoms with Crippen molar-refractivity contribution < 1.29 is 35.7 Å². The molecule has 0 heterocycles. The van der Waals surface area contributed by atoms with Crippen molar-refractivity contribution in [1.82, 2.24) is 0 Å². The van der Waals surface area contributed by atoms with Gasteiger partial charge in [-0.25, -0.2) is 0 Å². The molecule has 0 bridgehead atoms. The van der Waals surface area contributed by atoms with Crippen LogP contribution in [0.4, 0.5) is 0 Å². The van der Waals surface area contributed by atoms with Crippen molar-refractivity contribution in [3.8, 4) is 0 Å². The summed E-state index contributed by atoms with van der Waals surface area (Å²) in [6, 6.07) is 0. The van der Waals surface area contributed by atoms with Crippen molar-refractivity contribution in [3.05, 3.63) is 0 Å². The quantitative estimate of drug-likeness (QED) is 0.329. The van der Waals surface area contributed by atoms with Crippen LogP contribution in [-0.2, 0) is 0 Å². The van der Waals surface area contributed by atoms with E-state index in [0.717, 1.165) is 0 Å². The van der Waals surface area contributed by atoms with Crippen LogP contribution in [0.25, 0.3) is 0 Å². The molecule has 0 aromatic rings. The van der Waals surface area contributed by atoms with E-state index in [0.29, 0.717) is 0 Å². The summed E-state index contributed by atoms with van der Waals surface area (Å²) in [5, 5.41) is 0. The molecule has 0 atom stereocenters. The molecule has 0 aliphatic rings. The van der Waals surface area contributed by atoms with E-state index in [-0.39, 0.29) is 85.9 Å². The second kappa shape index (κ2) is 259. The molecular weight excluding hydrogens is 172 g/mol. The first-order valence-electron chi connectivity index (χ1n) is 0. The Labute approximate surface area is 85.5 Å². The molecule has 0 rings (SSSR count). The minimum absolute atomic E-state index is 0. The first kappa shape index (κ1) is 375. The van der Waals surface area contributed by atoms with Crippen LogP contribution in [0.3, 0.4) is 0 Å². The first-order chi connectivity index (χ1) is 0. The Kier molecular flexibility index (Phi) is 12100. The Hall–Kier alpha value is 1.31. The zero-order valence-electron chi connectivity index (χ0n) is 6.12. The van der Waals surface area contributed by atoms with E-state index >= 15 is 0 Å². The second-order valence-corrected chi connectivity index (χ2v) is 0. The summed E-state index contributed by atoms with van der Waals surface area (Å²) >= 11 is 0. The third-order valence-electron chi connectivity index (χ3n) is 0. The van der Waals surface area contributed by atoms with Crippen LogP contribution in [0.5, 0.6) is 0 Å². The van der Waals surface area contributed by atoms with Crippen molar-refractivity contribution in [1.29, 1.82) is 0 Å². The van der Waals surface area contributed by atoms with E-state index < -0.39 is 0 Å². The zero-order chi connectivity index (χ0) is 0. The molecule has 0 spiro atoms. The molecule has 12 N–H and O–H groups in total. The van der Waals surface area contributed by atoms with Gasteiger partial charge in [0.2, 0.25) is 0 Å². The molecule has 0 aromatic carbocycles. The number of halogens is 1. The Balaban J connectivity index is 0. The van der Waals surface area contributed by atoms with Gasteiger partial charge in [-0.15, -0.1) is 12.4 Å². The van der Waals surface area contributed by atoms with Crippen LogP contribution >= 0.6 is 12.4 Å². The minimum Gasteiger partial charge on any atom is -1.00 e. The van der Waals surface area contributed by atoms with Gasteiger partial charge in [0.05, 0.1) is 0 Å². The number of rotatable bonds is 0. The fraction of sp³-hybridized carbons (Fsp3) is 0. The molecule has 0 aromatic heterocycles. The minimum atomic E-state index is 0. The Morgan fingerprint density at radius 3 is 0.500 bits per heavy atom. The fourth-order valence-electron chi connectivity index (χ4n) is 0. The van der Waals surface area contributed by atoms with Gasteiger partial charge in [-0.3, -0.25) is 0 Å². The molecule has 60 valence electrons. The van der Waals surface area contributed by atoms with Gasteiger partial charge < -0.3 is 35.7 Å². The van der Waals surface area contributed by atoms with Gasteiger partial charge in [-0.1, -0.05) is 0 Å². The maximum absolute atomic E-state index is 0. The van der Waals surface area contributed by atoms with Gasteiger partial charge in [-0.2, -0.15) is 0 Å². The van der Waals surface area contributed by atoms with Gasteiger partial charge >= 0.3 is 37.7 Å². The molecule has 0 radical (unpaired) electrons. The molecule has 0 unspecified atom stereocenters. The van der Waals surface area contributed by atoms with E-state index in [9.17, 15) is 0 Å². The average molecular weight is 187 g/mol. The van der Waals surface area contributed by atoms with E-state index in [1.54, 1.807) is 0 Å². The van der Waals surface area contributed by atoms with Crippen LogP contribution in [0.15, 0.2) is 0 Å². The predicted octanol–water partition coefficient (Wildman–Crippen LogP) is -4.68. The third-order valence-corrected chi connectivity index (χ3v) is 0. The van der Waals surface area contributed by atoms with Crippen LogP contribution in [0.2, 0.25) is 0 Å². The van der Waals surface area contributed by atoms with Crippen LogP contribution in [0, 0.1) is 0 Å². The zero-order valence-corrected chi connectivity index (χ0v) is 7.14. The summed E-state index contributed by atoms with van der Waals surface area (Å²) in [5.74, 6) is 0. The molecule has 0 saturated heterocycles. The van der Waals surface area contributed by atoms with Gasteiger partial charge in [-0.05, 0) is 0 Å². The van der Waals surface area contributed by atoms with Gasteiger partial charge in [0, 0.05) is 0 Å². The van der Waals surface area contributed by atoms with Crippen molar-refractivity contribution in [2.24, 2.45) is 0 Å². The topological polar surface area (TPSA) is 189 Å². The van der Waals surface area contributed by atoms with Crippen LogP contribution in [0.1, 0.15) is 2.85 Å². The smallest absolute Gasteiger partial charge is 1.00 e. The summed E-state index contributed by atoms with van der Waals surface area (Å²) in [5.41, 5.74) is 0. The van der Waals surface area contributed by atoms with E-state index in [4.69, 9.17) is 0 Å². The number of hydrogen-bond donors (Lipinski definition) is 0. The van der Waals surface area contributed by atoms with Crippen LogP contribution in [-0.4, -0.2) is 70.6 Å².